The van der Waals surface area contributed by atoms with E-state index in [1.807, 2.05) is 72.8 Å². The zero-order valence-corrected chi connectivity index (χ0v) is 15.1. The average Bonchev–Trinajstić information content (AvgIpc) is 2.74. The predicted molar refractivity (Wildman–Crippen MR) is 110 cm³/mol. The van der Waals surface area contributed by atoms with E-state index in [-0.39, 0.29) is 0 Å². The molecule has 3 aromatic carbocycles. The molecule has 6 heteroatoms. The molecule has 0 bridgehead atoms. The fourth-order valence-electron chi connectivity index (χ4n) is 3.14. The lowest BCUT2D eigenvalue weighted by Gasteiger charge is -2.19. The highest BCUT2D eigenvalue weighted by molar-refractivity contribution is 5.92. The Morgan fingerprint density at radius 3 is 2.36 bits per heavy atom. The van der Waals surface area contributed by atoms with Crippen LogP contribution in [0, 0.1) is 0 Å². The summed E-state index contributed by atoms with van der Waals surface area (Å²) in [4.78, 5) is 9.35. The van der Waals surface area contributed by atoms with Crippen LogP contribution in [-0.2, 0) is 0 Å². The Bertz CT molecular complexity index is 1130. The summed E-state index contributed by atoms with van der Waals surface area (Å²) in [5, 5.41) is 7.62. The number of nitrogens with zero attached hydrogens (tertiary/aromatic N) is 2. The van der Waals surface area contributed by atoms with Crippen molar-refractivity contribution in [1.29, 1.82) is 0 Å². The molecule has 1 aromatic heterocycles. The lowest BCUT2D eigenvalue weighted by Crippen LogP contribution is -2.15. The maximum absolute atomic E-state index is 5.66. The van der Waals surface area contributed by atoms with Crippen molar-refractivity contribution in [2.75, 3.05) is 23.8 Å². The Balaban J connectivity index is 1.51. The van der Waals surface area contributed by atoms with Crippen LogP contribution in [-0.4, -0.2) is 23.2 Å². The molecule has 1 aliphatic rings. The van der Waals surface area contributed by atoms with Crippen LogP contribution in [0.15, 0.2) is 72.8 Å². The lowest BCUT2D eigenvalue weighted by atomic mass is 10.2. The summed E-state index contributed by atoms with van der Waals surface area (Å²) in [6, 6.07) is 23.6. The van der Waals surface area contributed by atoms with E-state index >= 15 is 0 Å². The van der Waals surface area contributed by atoms with Crippen molar-refractivity contribution in [1.82, 2.24) is 9.97 Å². The van der Waals surface area contributed by atoms with Gasteiger partial charge in [-0.05, 0) is 36.4 Å². The number of hydrogen-bond donors (Lipinski definition) is 2. The first-order valence-electron chi connectivity index (χ1n) is 9.11. The smallest absolute Gasteiger partial charge is 0.229 e. The molecule has 6 nitrogen and oxygen atoms in total. The summed E-state index contributed by atoms with van der Waals surface area (Å²) in [6.07, 6.45) is 0. The average molecular weight is 370 g/mol. The van der Waals surface area contributed by atoms with E-state index in [2.05, 4.69) is 15.6 Å². The van der Waals surface area contributed by atoms with Gasteiger partial charge in [-0.1, -0.05) is 30.3 Å². The normalized spacial score (nSPS) is 12.6. The molecule has 138 valence electrons. The lowest BCUT2D eigenvalue weighted by molar-refractivity contribution is 0.171. The molecule has 1 aliphatic heterocycles. The van der Waals surface area contributed by atoms with Crippen molar-refractivity contribution < 1.29 is 9.47 Å². The second-order valence-corrected chi connectivity index (χ2v) is 6.39. The number of para-hydroxylation sites is 2. The van der Waals surface area contributed by atoms with Crippen molar-refractivity contribution in [2.24, 2.45) is 0 Å². The Morgan fingerprint density at radius 1 is 0.679 bits per heavy atom. The molecule has 0 atom stereocenters. The van der Waals surface area contributed by atoms with E-state index in [0.29, 0.717) is 19.2 Å². The van der Waals surface area contributed by atoms with Gasteiger partial charge in [0.25, 0.3) is 0 Å². The maximum atomic E-state index is 5.66. The number of benzene rings is 3. The molecule has 0 spiro atoms. The van der Waals surface area contributed by atoms with Gasteiger partial charge in [-0.15, -0.1) is 0 Å². The van der Waals surface area contributed by atoms with Gasteiger partial charge in [-0.3, -0.25) is 0 Å². The summed E-state index contributed by atoms with van der Waals surface area (Å²) in [6.45, 7) is 1.12. The number of anilines is 4. The van der Waals surface area contributed by atoms with E-state index in [1.54, 1.807) is 0 Å². The third-order valence-corrected chi connectivity index (χ3v) is 4.44. The molecule has 0 amide bonds. The van der Waals surface area contributed by atoms with Gasteiger partial charge >= 0.3 is 0 Å². The highest BCUT2D eigenvalue weighted by Gasteiger charge is 2.13. The van der Waals surface area contributed by atoms with E-state index in [1.165, 1.54) is 0 Å². The molecule has 5 rings (SSSR count). The van der Waals surface area contributed by atoms with Crippen molar-refractivity contribution in [3.63, 3.8) is 0 Å². The van der Waals surface area contributed by atoms with Crippen molar-refractivity contribution in [3.8, 4) is 11.5 Å². The highest BCUT2D eigenvalue weighted by atomic mass is 16.6. The Hall–Kier alpha value is -3.80. The molecule has 28 heavy (non-hydrogen) atoms. The molecule has 0 saturated carbocycles. The first-order chi connectivity index (χ1) is 13.8. The van der Waals surface area contributed by atoms with Crippen LogP contribution >= 0.6 is 0 Å². The quantitative estimate of drug-likeness (QED) is 0.533. The first-order valence-corrected chi connectivity index (χ1v) is 9.11. The number of nitrogens with one attached hydrogen (secondary N) is 2. The van der Waals surface area contributed by atoms with E-state index in [0.717, 1.165) is 39.6 Å². The third-order valence-electron chi connectivity index (χ3n) is 4.44. The summed E-state index contributed by atoms with van der Waals surface area (Å²) in [5.74, 6) is 2.73. The van der Waals surface area contributed by atoms with Crippen molar-refractivity contribution in [2.45, 2.75) is 0 Å². The predicted octanol–water partition coefficient (Wildman–Crippen LogP) is 4.89. The van der Waals surface area contributed by atoms with Gasteiger partial charge in [-0.2, -0.15) is 4.98 Å². The minimum atomic E-state index is 0.508. The van der Waals surface area contributed by atoms with Crippen LogP contribution in [0.4, 0.5) is 23.1 Å². The zero-order valence-electron chi connectivity index (χ0n) is 15.1. The minimum absolute atomic E-state index is 0.508. The zero-order chi connectivity index (χ0) is 18.8. The maximum Gasteiger partial charge on any atom is 0.229 e. The standard InChI is InChI=1S/C22H18N4O2/c1-2-6-15(7-3-1)23-21-17-8-4-5-9-18(17)25-22(26-21)24-16-10-11-19-20(14-16)28-13-12-27-19/h1-11,14H,12-13H2,(H2,23,24,25,26). The molecule has 0 unspecified atom stereocenters. The summed E-state index contributed by atoms with van der Waals surface area (Å²) in [7, 11) is 0. The van der Waals surface area contributed by atoms with E-state index in [9.17, 15) is 0 Å². The van der Waals surface area contributed by atoms with Crippen LogP contribution in [0.5, 0.6) is 11.5 Å². The third kappa shape index (κ3) is 3.27. The van der Waals surface area contributed by atoms with Crippen LogP contribution in [0.25, 0.3) is 10.9 Å². The SMILES string of the molecule is c1ccc(Nc2nc(Nc3ccc4c(c3)OCCO4)nc3ccccc23)cc1. The van der Waals surface area contributed by atoms with Gasteiger partial charge in [0.2, 0.25) is 5.95 Å². The molecular weight excluding hydrogens is 352 g/mol. The minimum Gasteiger partial charge on any atom is -0.486 e. The van der Waals surface area contributed by atoms with Crippen LogP contribution < -0.4 is 20.1 Å². The fraction of sp³-hybridized carbons (Fsp3) is 0.0909. The summed E-state index contributed by atoms with van der Waals surface area (Å²) in [5.41, 5.74) is 2.66. The molecule has 2 heterocycles. The fourth-order valence-corrected chi connectivity index (χ4v) is 3.14. The molecule has 0 aliphatic carbocycles. The highest BCUT2D eigenvalue weighted by Crippen LogP contribution is 2.34. The van der Waals surface area contributed by atoms with Gasteiger partial charge in [-0.25, -0.2) is 4.98 Å². The van der Waals surface area contributed by atoms with Crippen molar-refractivity contribution in [3.05, 3.63) is 72.8 Å². The largest absolute Gasteiger partial charge is 0.486 e. The Morgan fingerprint density at radius 2 is 1.46 bits per heavy atom. The van der Waals surface area contributed by atoms with Crippen molar-refractivity contribution >= 4 is 34.0 Å². The monoisotopic (exact) mass is 370 g/mol. The molecule has 0 fully saturated rings. The van der Waals surface area contributed by atoms with Crippen LogP contribution in [0.2, 0.25) is 0 Å². The molecule has 0 radical (unpaired) electrons. The van der Waals surface area contributed by atoms with Gasteiger partial charge in [0.1, 0.15) is 19.0 Å². The number of aromatic nitrogens is 2. The van der Waals surface area contributed by atoms with Gasteiger partial charge in [0, 0.05) is 22.8 Å². The first kappa shape index (κ1) is 16.4. The Labute approximate surface area is 162 Å². The molecule has 2 N–H and O–H groups in total. The molecule has 4 aromatic rings. The number of fused-ring (bicyclic) bond motifs is 2. The van der Waals surface area contributed by atoms with Gasteiger partial charge in [0.15, 0.2) is 11.5 Å². The Kier molecular flexibility index (Phi) is 4.14. The van der Waals surface area contributed by atoms with Crippen LogP contribution in [0.3, 0.4) is 0 Å². The topological polar surface area (TPSA) is 68.3 Å². The molecule has 0 saturated heterocycles. The van der Waals surface area contributed by atoms with E-state index in [4.69, 9.17) is 14.5 Å². The summed E-state index contributed by atoms with van der Waals surface area (Å²) >= 11 is 0. The number of ether oxygens (including phenoxy) is 2. The van der Waals surface area contributed by atoms with Gasteiger partial charge < -0.3 is 20.1 Å². The van der Waals surface area contributed by atoms with Gasteiger partial charge in [0.05, 0.1) is 5.52 Å². The second-order valence-electron chi connectivity index (χ2n) is 6.39. The second kappa shape index (κ2) is 7.08. The molecular formula is C22H18N4O2. The van der Waals surface area contributed by atoms with E-state index < -0.39 is 0 Å². The number of rotatable bonds is 4. The van der Waals surface area contributed by atoms with Crippen LogP contribution in [0.1, 0.15) is 0 Å². The summed E-state index contributed by atoms with van der Waals surface area (Å²) < 4.78 is 11.2. The number of hydrogen-bond acceptors (Lipinski definition) is 6.